The van der Waals surface area contributed by atoms with Crippen molar-refractivity contribution in [3.8, 4) is 0 Å². The van der Waals surface area contributed by atoms with Gasteiger partial charge in [0, 0.05) is 6.42 Å². The molecule has 0 aliphatic rings. The van der Waals surface area contributed by atoms with Crippen molar-refractivity contribution < 1.29 is 24.2 Å². The number of ketones is 1. The van der Waals surface area contributed by atoms with E-state index in [0.717, 1.165) is 12.8 Å². The van der Waals surface area contributed by atoms with Crippen molar-refractivity contribution in [3.05, 3.63) is 0 Å². The van der Waals surface area contributed by atoms with Gasteiger partial charge in [-0.3, -0.25) is 14.4 Å². The van der Waals surface area contributed by atoms with Crippen molar-refractivity contribution in [1.82, 2.24) is 0 Å². The number of carboxylic acid groups (broad SMARTS) is 1. The summed E-state index contributed by atoms with van der Waals surface area (Å²) >= 11 is 0. The van der Waals surface area contributed by atoms with Crippen molar-refractivity contribution in [1.29, 1.82) is 0 Å². The van der Waals surface area contributed by atoms with E-state index in [1.54, 1.807) is 6.92 Å². The molecule has 0 radical (unpaired) electrons. The molecule has 0 saturated heterocycles. The minimum atomic E-state index is -1.16. The highest BCUT2D eigenvalue weighted by atomic mass is 16.5. The van der Waals surface area contributed by atoms with Crippen molar-refractivity contribution >= 4 is 17.7 Å². The summed E-state index contributed by atoms with van der Waals surface area (Å²) in [6.45, 7) is 3.78. The molecule has 5 nitrogen and oxygen atoms in total. The monoisotopic (exact) mass is 244 g/mol. The molecule has 5 heteroatoms. The van der Waals surface area contributed by atoms with Crippen molar-refractivity contribution in [2.45, 2.75) is 46.0 Å². The van der Waals surface area contributed by atoms with E-state index in [4.69, 9.17) is 9.84 Å². The molecule has 98 valence electrons. The smallest absolute Gasteiger partial charge is 0.317 e. The summed E-state index contributed by atoms with van der Waals surface area (Å²) < 4.78 is 4.71. The molecule has 0 saturated carbocycles. The highest BCUT2D eigenvalue weighted by Crippen LogP contribution is 2.13. The molecule has 0 spiro atoms. The summed E-state index contributed by atoms with van der Waals surface area (Å²) in [4.78, 5) is 33.7. The number of unbranched alkanes of at least 4 members (excludes halogenated alkanes) is 2. The maximum atomic E-state index is 11.7. The van der Waals surface area contributed by atoms with Gasteiger partial charge < -0.3 is 9.84 Å². The molecule has 0 aromatic carbocycles. The van der Waals surface area contributed by atoms with E-state index >= 15 is 0 Å². The standard InChI is InChI=1S/C12H20O5/c1-3-5-6-7-10(13)9(8-11(14)15)12(16)17-4-2/h9H,3-8H2,1-2H3,(H,14,15). The second-order valence-electron chi connectivity index (χ2n) is 3.83. The summed E-state index contributed by atoms with van der Waals surface area (Å²) in [5, 5.41) is 8.66. The molecule has 0 aromatic rings. The third-order valence-corrected chi connectivity index (χ3v) is 2.37. The van der Waals surface area contributed by atoms with Crippen molar-refractivity contribution in [2.24, 2.45) is 5.92 Å². The van der Waals surface area contributed by atoms with E-state index in [-0.39, 0.29) is 18.8 Å². The lowest BCUT2D eigenvalue weighted by Crippen LogP contribution is -2.28. The first kappa shape index (κ1) is 15.6. The zero-order valence-corrected chi connectivity index (χ0v) is 10.4. The van der Waals surface area contributed by atoms with Crippen LogP contribution in [0.4, 0.5) is 0 Å². The Balaban J connectivity index is 4.39. The number of carbonyl (C=O) groups excluding carboxylic acids is 2. The molecule has 1 unspecified atom stereocenters. The number of esters is 1. The molecule has 0 aliphatic heterocycles. The van der Waals surface area contributed by atoms with Gasteiger partial charge in [-0.15, -0.1) is 0 Å². The normalized spacial score (nSPS) is 11.9. The van der Waals surface area contributed by atoms with Crippen LogP contribution >= 0.6 is 0 Å². The lowest BCUT2D eigenvalue weighted by molar-refractivity contribution is -0.156. The van der Waals surface area contributed by atoms with Gasteiger partial charge in [0.25, 0.3) is 0 Å². The summed E-state index contributed by atoms with van der Waals surface area (Å²) in [5.41, 5.74) is 0. The SMILES string of the molecule is CCCCCC(=O)C(CC(=O)O)C(=O)OCC. The van der Waals surface area contributed by atoms with Crippen molar-refractivity contribution in [3.63, 3.8) is 0 Å². The Hall–Kier alpha value is -1.39. The Labute approximate surface area is 101 Å². The number of rotatable bonds is 9. The zero-order valence-electron chi connectivity index (χ0n) is 10.4. The first-order valence-corrected chi connectivity index (χ1v) is 5.94. The molecular formula is C12H20O5. The maximum absolute atomic E-state index is 11.7. The largest absolute Gasteiger partial charge is 0.481 e. The van der Waals surface area contributed by atoms with Gasteiger partial charge in [-0.05, 0) is 13.3 Å². The highest BCUT2D eigenvalue weighted by Gasteiger charge is 2.29. The average Bonchev–Trinajstić information content (AvgIpc) is 2.26. The molecule has 1 atom stereocenters. The van der Waals surface area contributed by atoms with E-state index in [0.29, 0.717) is 6.42 Å². The Kier molecular flexibility index (Phi) is 8.01. The fourth-order valence-electron chi connectivity index (χ4n) is 1.47. The van der Waals surface area contributed by atoms with Gasteiger partial charge in [-0.2, -0.15) is 0 Å². The summed E-state index contributed by atoms with van der Waals surface area (Å²) in [6.07, 6.45) is 2.31. The fourth-order valence-corrected chi connectivity index (χ4v) is 1.47. The minimum Gasteiger partial charge on any atom is -0.481 e. The van der Waals surface area contributed by atoms with Gasteiger partial charge in [0.2, 0.25) is 0 Å². The number of Topliss-reactive ketones (excluding diaryl/α,β-unsaturated/α-hetero) is 1. The predicted molar refractivity (Wildman–Crippen MR) is 61.5 cm³/mol. The molecule has 0 aliphatic carbocycles. The topological polar surface area (TPSA) is 80.7 Å². The van der Waals surface area contributed by atoms with Crippen LogP contribution in [0.2, 0.25) is 0 Å². The molecule has 0 amide bonds. The Bertz CT molecular complexity index is 272. The lowest BCUT2D eigenvalue weighted by Gasteiger charge is -2.12. The lowest BCUT2D eigenvalue weighted by atomic mass is 9.96. The zero-order chi connectivity index (χ0) is 13.3. The third kappa shape index (κ3) is 6.71. The van der Waals surface area contributed by atoms with Gasteiger partial charge in [0.15, 0.2) is 0 Å². The van der Waals surface area contributed by atoms with Crippen LogP contribution in [-0.4, -0.2) is 29.4 Å². The summed E-state index contributed by atoms with van der Waals surface area (Å²) in [7, 11) is 0. The second-order valence-corrected chi connectivity index (χ2v) is 3.83. The Morgan fingerprint density at radius 2 is 1.82 bits per heavy atom. The highest BCUT2D eigenvalue weighted by molar-refractivity contribution is 6.01. The fraction of sp³-hybridized carbons (Fsp3) is 0.750. The summed E-state index contributed by atoms with van der Waals surface area (Å²) in [5.74, 6) is -3.37. The maximum Gasteiger partial charge on any atom is 0.317 e. The van der Waals surface area contributed by atoms with E-state index in [9.17, 15) is 14.4 Å². The number of carbonyl (C=O) groups is 3. The van der Waals surface area contributed by atoms with Crippen LogP contribution in [-0.2, 0) is 19.1 Å². The Morgan fingerprint density at radius 3 is 2.29 bits per heavy atom. The van der Waals surface area contributed by atoms with Crippen LogP contribution in [0.15, 0.2) is 0 Å². The van der Waals surface area contributed by atoms with E-state index in [1.807, 2.05) is 6.92 Å². The van der Waals surface area contributed by atoms with Crippen LogP contribution in [0.25, 0.3) is 0 Å². The molecule has 0 heterocycles. The Morgan fingerprint density at radius 1 is 1.18 bits per heavy atom. The molecular weight excluding hydrogens is 224 g/mol. The van der Waals surface area contributed by atoms with Crippen LogP contribution in [0.5, 0.6) is 0 Å². The van der Waals surface area contributed by atoms with Crippen LogP contribution in [0.1, 0.15) is 46.0 Å². The second kappa shape index (κ2) is 8.73. The summed E-state index contributed by atoms with van der Waals surface area (Å²) in [6, 6.07) is 0. The van der Waals surface area contributed by atoms with Gasteiger partial charge in [-0.1, -0.05) is 19.8 Å². The number of carboxylic acids is 1. The van der Waals surface area contributed by atoms with Gasteiger partial charge >= 0.3 is 11.9 Å². The number of aliphatic carboxylic acids is 1. The number of hydrogen-bond donors (Lipinski definition) is 1. The van der Waals surface area contributed by atoms with Crippen LogP contribution in [0.3, 0.4) is 0 Å². The van der Waals surface area contributed by atoms with E-state index in [2.05, 4.69) is 0 Å². The third-order valence-electron chi connectivity index (χ3n) is 2.37. The van der Waals surface area contributed by atoms with Crippen LogP contribution in [0, 0.1) is 5.92 Å². The molecule has 0 bridgehead atoms. The first-order valence-electron chi connectivity index (χ1n) is 5.94. The minimum absolute atomic E-state index is 0.150. The quantitative estimate of drug-likeness (QED) is 0.380. The number of hydrogen-bond acceptors (Lipinski definition) is 4. The van der Waals surface area contributed by atoms with E-state index in [1.165, 1.54) is 0 Å². The van der Waals surface area contributed by atoms with E-state index < -0.39 is 24.3 Å². The number of ether oxygens (including phenoxy) is 1. The average molecular weight is 244 g/mol. The van der Waals surface area contributed by atoms with Gasteiger partial charge in [0.05, 0.1) is 13.0 Å². The van der Waals surface area contributed by atoms with Crippen LogP contribution < -0.4 is 0 Å². The molecule has 17 heavy (non-hydrogen) atoms. The van der Waals surface area contributed by atoms with Gasteiger partial charge in [0.1, 0.15) is 11.7 Å². The predicted octanol–water partition coefficient (Wildman–Crippen LogP) is 1.79. The first-order chi connectivity index (χ1) is 8.02. The molecule has 0 aromatic heterocycles. The molecule has 1 N–H and O–H groups in total. The van der Waals surface area contributed by atoms with Crippen molar-refractivity contribution in [2.75, 3.05) is 6.61 Å². The molecule has 0 fully saturated rings. The van der Waals surface area contributed by atoms with Gasteiger partial charge in [-0.25, -0.2) is 0 Å². The molecule has 0 rings (SSSR count).